The van der Waals surface area contributed by atoms with Gasteiger partial charge in [-0.2, -0.15) is 0 Å². The summed E-state index contributed by atoms with van der Waals surface area (Å²) in [5, 5.41) is 0. The summed E-state index contributed by atoms with van der Waals surface area (Å²) in [5.74, 6) is -0.676. The van der Waals surface area contributed by atoms with Crippen molar-refractivity contribution in [3.63, 3.8) is 0 Å². The number of hydrogen-bond acceptors (Lipinski definition) is 2. The van der Waals surface area contributed by atoms with E-state index in [2.05, 4.69) is 11.3 Å². The van der Waals surface area contributed by atoms with E-state index < -0.39 is 12.6 Å². The molecule has 2 nitrogen and oxygen atoms in total. The molecule has 0 aromatic carbocycles. The van der Waals surface area contributed by atoms with Crippen LogP contribution in [-0.4, -0.2) is 12.6 Å². The number of carbonyl (C=O) groups excluding carboxylic acids is 1. The zero-order valence-corrected chi connectivity index (χ0v) is 4.61. The van der Waals surface area contributed by atoms with Crippen LogP contribution in [0.2, 0.25) is 0 Å². The van der Waals surface area contributed by atoms with Crippen molar-refractivity contribution < 1.29 is 13.9 Å². The van der Waals surface area contributed by atoms with Crippen molar-refractivity contribution in [1.82, 2.24) is 0 Å². The van der Waals surface area contributed by atoms with Crippen molar-refractivity contribution >= 4 is 5.97 Å². The first kappa shape index (κ1) is 7.14. The molecule has 0 spiro atoms. The Morgan fingerprint density at radius 3 is 2.50 bits per heavy atom. The van der Waals surface area contributed by atoms with Crippen LogP contribution in [0.1, 0.15) is 6.92 Å². The van der Waals surface area contributed by atoms with Crippen LogP contribution in [0, 0.1) is 0 Å². The second kappa shape index (κ2) is 3.18. The predicted octanol–water partition coefficient (Wildman–Crippen LogP) is 1.03. The first-order chi connectivity index (χ1) is 3.66. The van der Waals surface area contributed by atoms with Gasteiger partial charge in [-0.05, 0) is 6.92 Å². The second-order valence-electron chi connectivity index (χ2n) is 1.31. The quantitative estimate of drug-likeness (QED) is 0.400. The molecule has 0 rings (SSSR count). The number of halogens is 1. The summed E-state index contributed by atoms with van der Waals surface area (Å²) in [6.07, 6.45) is 0. The molecule has 0 radical (unpaired) electrons. The Hall–Kier alpha value is -0.860. The number of allylic oxidation sites excluding steroid dienone is 1. The van der Waals surface area contributed by atoms with Gasteiger partial charge in [0, 0.05) is 0 Å². The van der Waals surface area contributed by atoms with Gasteiger partial charge in [-0.1, -0.05) is 6.58 Å². The fourth-order valence-corrected chi connectivity index (χ4v) is 0.222. The van der Waals surface area contributed by atoms with E-state index in [0.29, 0.717) is 0 Å². The van der Waals surface area contributed by atoms with Gasteiger partial charge in [-0.25, -0.2) is 9.18 Å². The molecule has 46 valence electrons. The number of ether oxygens (including phenoxy) is 1. The molecule has 0 unspecified atom stereocenters. The van der Waals surface area contributed by atoms with Gasteiger partial charge in [0.25, 0.3) is 0 Å². The molecule has 0 aliphatic rings. The lowest BCUT2D eigenvalue weighted by Gasteiger charge is -1.95. The van der Waals surface area contributed by atoms with Crippen LogP contribution in [0.15, 0.2) is 12.3 Å². The Labute approximate surface area is 47.0 Å². The second-order valence-corrected chi connectivity index (χ2v) is 1.31. The zero-order valence-electron chi connectivity index (χ0n) is 4.61. The lowest BCUT2D eigenvalue weighted by Crippen LogP contribution is -2.03. The van der Waals surface area contributed by atoms with Gasteiger partial charge in [0.05, 0.1) is 5.76 Å². The summed E-state index contributed by atoms with van der Waals surface area (Å²) in [6, 6.07) is 0. The molecule has 0 N–H and O–H groups in total. The molecular formula is C5H7FO2. The molecule has 0 saturated heterocycles. The van der Waals surface area contributed by atoms with Crippen LogP contribution < -0.4 is 0 Å². The van der Waals surface area contributed by atoms with E-state index in [4.69, 9.17) is 0 Å². The van der Waals surface area contributed by atoms with Gasteiger partial charge in [-0.3, -0.25) is 0 Å². The van der Waals surface area contributed by atoms with Crippen LogP contribution in [0.4, 0.5) is 4.39 Å². The molecule has 0 aliphatic heterocycles. The minimum Gasteiger partial charge on any atom is -0.430 e. The van der Waals surface area contributed by atoms with Gasteiger partial charge < -0.3 is 4.74 Å². The van der Waals surface area contributed by atoms with Gasteiger partial charge in [0.15, 0.2) is 6.67 Å². The molecule has 0 heterocycles. The standard InChI is InChI=1S/C5H7FO2/c1-4(2)8-5(7)3-6/h1,3H2,2H3. The van der Waals surface area contributed by atoms with E-state index in [1.54, 1.807) is 0 Å². The zero-order chi connectivity index (χ0) is 6.57. The Kier molecular flexibility index (Phi) is 2.84. The molecule has 0 aromatic rings. The minimum atomic E-state index is -1.09. The number of carbonyl (C=O) groups is 1. The number of alkyl halides is 1. The topological polar surface area (TPSA) is 26.3 Å². The highest BCUT2D eigenvalue weighted by molar-refractivity contribution is 5.71. The average Bonchev–Trinajstić information content (AvgIpc) is 1.65. The third kappa shape index (κ3) is 3.33. The number of hydrogen-bond donors (Lipinski definition) is 0. The largest absolute Gasteiger partial charge is 0.430 e. The highest BCUT2D eigenvalue weighted by Gasteiger charge is 1.98. The summed E-state index contributed by atoms with van der Waals surface area (Å²) < 4.78 is 15.4. The maximum Gasteiger partial charge on any atom is 0.342 e. The van der Waals surface area contributed by atoms with Crippen LogP contribution in [0.5, 0.6) is 0 Å². The fraction of sp³-hybridized carbons (Fsp3) is 0.400. The Morgan fingerprint density at radius 2 is 2.38 bits per heavy atom. The van der Waals surface area contributed by atoms with E-state index in [1.165, 1.54) is 6.92 Å². The first-order valence-corrected chi connectivity index (χ1v) is 2.09. The molecule has 3 heteroatoms. The SMILES string of the molecule is C=C(C)OC(=O)CF. The molecule has 0 fully saturated rings. The van der Waals surface area contributed by atoms with Crippen LogP contribution in [-0.2, 0) is 9.53 Å². The molecule has 0 atom stereocenters. The Morgan fingerprint density at radius 1 is 1.88 bits per heavy atom. The molecule has 0 bridgehead atoms. The number of rotatable bonds is 2. The summed E-state index contributed by atoms with van der Waals surface area (Å²) in [7, 11) is 0. The summed E-state index contributed by atoms with van der Waals surface area (Å²) >= 11 is 0. The molecule has 0 aromatic heterocycles. The molecular weight excluding hydrogens is 111 g/mol. The lowest BCUT2D eigenvalue weighted by molar-refractivity contribution is -0.140. The predicted molar refractivity (Wildman–Crippen MR) is 26.9 cm³/mol. The highest BCUT2D eigenvalue weighted by Crippen LogP contribution is 1.90. The Balaban J connectivity index is 3.40. The maximum atomic E-state index is 11.2. The maximum absolute atomic E-state index is 11.2. The van der Waals surface area contributed by atoms with Crippen molar-refractivity contribution in [2.75, 3.05) is 6.67 Å². The van der Waals surface area contributed by atoms with E-state index in [9.17, 15) is 9.18 Å². The first-order valence-electron chi connectivity index (χ1n) is 2.09. The van der Waals surface area contributed by atoms with Gasteiger partial charge in [-0.15, -0.1) is 0 Å². The molecule has 8 heavy (non-hydrogen) atoms. The average molecular weight is 118 g/mol. The smallest absolute Gasteiger partial charge is 0.342 e. The van der Waals surface area contributed by atoms with Gasteiger partial charge in [0.2, 0.25) is 0 Å². The third-order valence-electron chi connectivity index (χ3n) is 0.397. The van der Waals surface area contributed by atoms with E-state index in [0.717, 1.165) is 0 Å². The van der Waals surface area contributed by atoms with Crippen molar-refractivity contribution in [1.29, 1.82) is 0 Å². The van der Waals surface area contributed by atoms with Crippen molar-refractivity contribution in [3.8, 4) is 0 Å². The van der Waals surface area contributed by atoms with E-state index >= 15 is 0 Å². The number of esters is 1. The minimum absolute atomic E-state index is 0.215. The molecule has 0 saturated carbocycles. The van der Waals surface area contributed by atoms with Crippen molar-refractivity contribution in [3.05, 3.63) is 12.3 Å². The highest BCUT2D eigenvalue weighted by atomic mass is 19.1. The van der Waals surface area contributed by atoms with Crippen molar-refractivity contribution in [2.24, 2.45) is 0 Å². The van der Waals surface area contributed by atoms with E-state index in [-0.39, 0.29) is 5.76 Å². The normalized spacial score (nSPS) is 8.25. The van der Waals surface area contributed by atoms with Crippen molar-refractivity contribution in [2.45, 2.75) is 6.92 Å². The molecule has 0 amide bonds. The fourth-order valence-electron chi connectivity index (χ4n) is 0.222. The van der Waals surface area contributed by atoms with Gasteiger partial charge >= 0.3 is 5.97 Å². The summed E-state index contributed by atoms with van der Waals surface area (Å²) in [6.45, 7) is 3.62. The lowest BCUT2D eigenvalue weighted by atomic mass is 10.6. The van der Waals surface area contributed by atoms with E-state index in [1.807, 2.05) is 0 Å². The van der Waals surface area contributed by atoms with Crippen LogP contribution in [0.25, 0.3) is 0 Å². The molecule has 0 aliphatic carbocycles. The monoisotopic (exact) mass is 118 g/mol. The third-order valence-corrected chi connectivity index (χ3v) is 0.397. The van der Waals surface area contributed by atoms with Crippen LogP contribution >= 0.6 is 0 Å². The van der Waals surface area contributed by atoms with Gasteiger partial charge in [0.1, 0.15) is 0 Å². The summed E-state index contributed by atoms with van der Waals surface area (Å²) in [5.41, 5.74) is 0. The Bertz CT molecular complexity index is 109. The van der Waals surface area contributed by atoms with Crippen LogP contribution in [0.3, 0.4) is 0 Å². The summed E-state index contributed by atoms with van der Waals surface area (Å²) in [4.78, 5) is 9.96.